The van der Waals surface area contributed by atoms with E-state index in [-0.39, 0.29) is 17.9 Å². The maximum Gasteiger partial charge on any atom is 0.311 e. The van der Waals surface area contributed by atoms with Crippen molar-refractivity contribution in [2.75, 3.05) is 27.2 Å². The van der Waals surface area contributed by atoms with Crippen LogP contribution in [0.2, 0.25) is 0 Å². The SMILES string of the molecule is COC(=O)[C@H]1CN(C)C[C@H]1N. The van der Waals surface area contributed by atoms with Crippen LogP contribution in [0.3, 0.4) is 0 Å². The van der Waals surface area contributed by atoms with Crippen molar-refractivity contribution in [2.24, 2.45) is 11.7 Å². The van der Waals surface area contributed by atoms with Crippen LogP contribution >= 0.6 is 0 Å². The Hall–Kier alpha value is -0.610. The first-order valence-electron chi connectivity index (χ1n) is 3.67. The molecule has 64 valence electrons. The Bertz CT molecular complexity index is 161. The molecule has 0 aromatic carbocycles. The molecule has 0 spiro atoms. The largest absolute Gasteiger partial charge is 0.469 e. The molecule has 1 rings (SSSR count). The minimum absolute atomic E-state index is 0.0625. The molecule has 0 aromatic rings. The Balaban J connectivity index is 2.52. The summed E-state index contributed by atoms with van der Waals surface area (Å²) in [4.78, 5) is 13.1. The molecule has 1 heterocycles. The van der Waals surface area contributed by atoms with Crippen molar-refractivity contribution >= 4 is 5.97 Å². The molecule has 0 unspecified atom stereocenters. The van der Waals surface area contributed by atoms with Crippen molar-refractivity contribution in [3.8, 4) is 0 Å². The average Bonchev–Trinajstić information content (AvgIpc) is 2.28. The van der Waals surface area contributed by atoms with Gasteiger partial charge in [0.15, 0.2) is 0 Å². The summed E-state index contributed by atoms with van der Waals surface area (Å²) in [6.45, 7) is 1.49. The van der Waals surface area contributed by atoms with Gasteiger partial charge in [0.2, 0.25) is 0 Å². The molecule has 0 aliphatic carbocycles. The fourth-order valence-electron chi connectivity index (χ4n) is 1.43. The van der Waals surface area contributed by atoms with Crippen LogP contribution in [0.4, 0.5) is 0 Å². The standard InChI is InChI=1S/C7H14N2O2/c1-9-3-5(6(8)4-9)7(10)11-2/h5-6H,3-4,8H2,1-2H3/t5-,6+/m0/s1. The summed E-state index contributed by atoms with van der Waals surface area (Å²) >= 11 is 0. The van der Waals surface area contributed by atoms with Gasteiger partial charge in [0.25, 0.3) is 0 Å². The molecule has 11 heavy (non-hydrogen) atoms. The summed E-state index contributed by atoms with van der Waals surface area (Å²) in [5.74, 6) is -0.327. The topological polar surface area (TPSA) is 55.6 Å². The van der Waals surface area contributed by atoms with E-state index in [1.807, 2.05) is 11.9 Å². The zero-order valence-electron chi connectivity index (χ0n) is 6.91. The Morgan fingerprint density at radius 3 is 2.64 bits per heavy atom. The van der Waals surface area contributed by atoms with Gasteiger partial charge in [0.1, 0.15) is 0 Å². The highest BCUT2D eigenvalue weighted by Crippen LogP contribution is 2.14. The summed E-state index contributed by atoms with van der Waals surface area (Å²) in [5.41, 5.74) is 5.70. The van der Waals surface area contributed by atoms with E-state index in [2.05, 4.69) is 4.74 Å². The molecule has 0 bridgehead atoms. The van der Waals surface area contributed by atoms with Gasteiger partial charge in [-0.1, -0.05) is 0 Å². The second kappa shape index (κ2) is 3.19. The van der Waals surface area contributed by atoms with E-state index in [0.29, 0.717) is 6.54 Å². The molecule has 1 aliphatic heterocycles. The van der Waals surface area contributed by atoms with Crippen LogP contribution < -0.4 is 5.73 Å². The van der Waals surface area contributed by atoms with Crippen molar-refractivity contribution in [3.63, 3.8) is 0 Å². The minimum atomic E-state index is -0.193. The molecule has 2 atom stereocenters. The molecule has 0 aromatic heterocycles. The number of methoxy groups -OCH3 is 1. The predicted molar refractivity (Wildman–Crippen MR) is 41.0 cm³/mol. The number of nitrogens with zero attached hydrogens (tertiary/aromatic N) is 1. The molecule has 1 saturated heterocycles. The van der Waals surface area contributed by atoms with Crippen molar-refractivity contribution in [3.05, 3.63) is 0 Å². The van der Waals surface area contributed by atoms with Gasteiger partial charge >= 0.3 is 5.97 Å². The molecule has 2 N–H and O–H groups in total. The smallest absolute Gasteiger partial charge is 0.311 e. The Morgan fingerprint density at radius 1 is 1.64 bits per heavy atom. The summed E-state index contributed by atoms with van der Waals surface area (Å²) in [6, 6.07) is -0.0625. The maximum absolute atomic E-state index is 11.0. The van der Waals surface area contributed by atoms with Gasteiger partial charge in [-0.25, -0.2) is 0 Å². The number of carbonyl (C=O) groups excluding carboxylic acids is 1. The van der Waals surface area contributed by atoms with Crippen LogP contribution in [-0.2, 0) is 9.53 Å². The molecule has 0 amide bonds. The number of nitrogens with two attached hydrogens (primary N) is 1. The van der Waals surface area contributed by atoms with E-state index in [4.69, 9.17) is 5.73 Å². The number of likely N-dealkylation sites (N-methyl/N-ethyl adjacent to an activating group) is 1. The van der Waals surface area contributed by atoms with Crippen LogP contribution in [0.5, 0.6) is 0 Å². The van der Waals surface area contributed by atoms with E-state index >= 15 is 0 Å². The normalized spacial score (nSPS) is 32.3. The third-order valence-corrected chi connectivity index (χ3v) is 2.05. The van der Waals surface area contributed by atoms with Crippen LogP contribution in [0, 0.1) is 5.92 Å². The van der Waals surface area contributed by atoms with Crippen molar-refractivity contribution in [2.45, 2.75) is 6.04 Å². The lowest BCUT2D eigenvalue weighted by atomic mass is 10.1. The Kier molecular flexibility index (Phi) is 2.46. The molecule has 0 saturated carbocycles. The highest BCUT2D eigenvalue weighted by molar-refractivity contribution is 5.73. The van der Waals surface area contributed by atoms with Crippen molar-refractivity contribution in [1.82, 2.24) is 4.90 Å². The Labute approximate surface area is 66.3 Å². The van der Waals surface area contributed by atoms with Gasteiger partial charge in [-0.15, -0.1) is 0 Å². The quantitative estimate of drug-likeness (QED) is 0.500. The first kappa shape index (κ1) is 8.49. The monoisotopic (exact) mass is 158 g/mol. The Morgan fingerprint density at radius 2 is 2.27 bits per heavy atom. The van der Waals surface area contributed by atoms with E-state index in [0.717, 1.165) is 6.54 Å². The van der Waals surface area contributed by atoms with Gasteiger partial charge in [-0.05, 0) is 7.05 Å². The first-order chi connectivity index (χ1) is 5.15. The number of esters is 1. The van der Waals surface area contributed by atoms with E-state index in [1.54, 1.807) is 0 Å². The van der Waals surface area contributed by atoms with Crippen LogP contribution in [0.1, 0.15) is 0 Å². The maximum atomic E-state index is 11.0. The number of rotatable bonds is 1. The van der Waals surface area contributed by atoms with Gasteiger partial charge in [0, 0.05) is 19.1 Å². The third kappa shape index (κ3) is 1.70. The fraction of sp³-hybridized carbons (Fsp3) is 0.857. The lowest BCUT2D eigenvalue weighted by molar-refractivity contribution is -0.145. The molecule has 1 fully saturated rings. The molecular weight excluding hydrogens is 144 g/mol. The van der Waals surface area contributed by atoms with E-state index in [1.165, 1.54) is 7.11 Å². The lowest BCUT2D eigenvalue weighted by Gasteiger charge is -2.10. The number of hydrogen-bond acceptors (Lipinski definition) is 4. The van der Waals surface area contributed by atoms with Crippen molar-refractivity contribution in [1.29, 1.82) is 0 Å². The third-order valence-electron chi connectivity index (χ3n) is 2.05. The lowest BCUT2D eigenvalue weighted by Crippen LogP contribution is -2.34. The number of likely N-dealkylation sites (tertiary alicyclic amines) is 1. The number of hydrogen-bond donors (Lipinski definition) is 1. The van der Waals surface area contributed by atoms with E-state index < -0.39 is 0 Å². The average molecular weight is 158 g/mol. The van der Waals surface area contributed by atoms with Gasteiger partial charge in [-0.3, -0.25) is 4.79 Å². The second-order valence-electron chi connectivity index (χ2n) is 3.01. The first-order valence-corrected chi connectivity index (χ1v) is 3.67. The van der Waals surface area contributed by atoms with Gasteiger partial charge in [-0.2, -0.15) is 0 Å². The highest BCUT2D eigenvalue weighted by Gasteiger charge is 2.34. The zero-order chi connectivity index (χ0) is 8.43. The second-order valence-corrected chi connectivity index (χ2v) is 3.01. The van der Waals surface area contributed by atoms with Gasteiger partial charge < -0.3 is 15.4 Å². The molecule has 4 nitrogen and oxygen atoms in total. The van der Waals surface area contributed by atoms with Crippen LogP contribution in [0.25, 0.3) is 0 Å². The summed E-state index contributed by atoms with van der Waals surface area (Å²) < 4.78 is 4.61. The van der Waals surface area contributed by atoms with Gasteiger partial charge in [0.05, 0.1) is 13.0 Å². The molecular formula is C7H14N2O2. The molecule has 1 aliphatic rings. The predicted octanol–water partition coefficient (Wildman–Crippen LogP) is -0.952. The number of carbonyl (C=O) groups is 1. The summed E-state index contributed by atoms with van der Waals surface area (Å²) in [6.07, 6.45) is 0. The zero-order valence-corrected chi connectivity index (χ0v) is 6.91. The fourth-order valence-corrected chi connectivity index (χ4v) is 1.43. The number of ether oxygens (including phenoxy) is 1. The molecule has 0 radical (unpaired) electrons. The van der Waals surface area contributed by atoms with E-state index in [9.17, 15) is 4.79 Å². The summed E-state index contributed by atoms with van der Waals surface area (Å²) in [5, 5.41) is 0. The summed E-state index contributed by atoms with van der Waals surface area (Å²) in [7, 11) is 3.34. The van der Waals surface area contributed by atoms with Crippen LogP contribution in [-0.4, -0.2) is 44.2 Å². The molecule has 4 heteroatoms. The minimum Gasteiger partial charge on any atom is -0.469 e. The highest BCUT2D eigenvalue weighted by atomic mass is 16.5. The van der Waals surface area contributed by atoms with Crippen molar-refractivity contribution < 1.29 is 9.53 Å². The van der Waals surface area contributed by atoms with Crippen LogP contribution in [0.15, 0.2) is 0 Å².